The van der Waals surface area contributed by atoms with Crippen molar-refractivity contribution in [1.29, 1.82) is 0 Å². The van der Waals surface area contributed by atoms with Crippen LogP contribution in [0.5, 0.6) is 0 Å². The molecule has 0 aromatic rings. The minimum Gasteiger partial charge on any atom is -0.748 e. The number of aliphatic carboxylic acids is 2. The molecule has 0 aromatic carbocycles. The Kier molecular flexibility index (Phi) is 20.0. The van der Waals surface area contributed by atoms with Gasteiger partial charge in [0.1, 0.15) is 31.7 Å². The first-order chi connectivity index (χ1) is 6.83. The first kappa shape index (κ1) is 28.2. The molecule has 0 fully saturated rings. The van der Waals surface area contributed by atoms with E-state index in [1.165, 1.54) is 0 Å². The van der Waals surface area contributed by atoms with E-state index < -0.39 is 43.7 Å². The van der Waals surface area contributed by atoms with Crippen molar-refractivity contribution in [3.05, 3.63) is 0 Å². The van der Waals surface area contributed by atoms with Crippen LogP contribution in [0.15, 0.2) is 0 Å². The maximum absolute atomic E-state index is 9.51. The van der Waals surface area contributed by atoms with Crippen molar-refractivity contribution >= 4 is 32.2 Å². The fourth-order valence-corrected chi connectivity index (χ4v) is 0.907. The topological polar surface area (TPSA) is 189 Å². The molecule has 0 amide bonds. The monoisotopic (exact) mass is 356 g/mol. The van der Waals surface area contributed by atoms with E-state index in [-0.39, 0.29) is 103 Å². The fraction of sp³-hybridized carbons (Fsp3) is 0.500. The molecule has 0 bridgehead atoms. The Hall–Kier alpha value is 2.03. The molecule has 2 N–H and O–H groups in total. The van der Waals surface area contributed by atoms with Crippen molar-refractivity contribution in [3.8, 4) is 0 Å². The van der Waals surface area contributed by atoms with Gasteiger partial charge in [0.25, 0.3) is 0 Å². The average Bonchev–Trinajstić information content (AvgIpc) is 1.72. The molecule has 0 aliphatic heterocycles. The molecule has 0 saturated carbocycles. The molecule has 0 atom stereocenters. The molecule has 14 heteroatoms. The van der Waals surface area contributed by atoms with Crippen LogP contribution in [0.25, 0.3) is 0 Å². The van der Waals surface area contributed by atoms with Crippen molar-refractivity contribution in [2.45, 2.75) is 0 Å². The smallest absolute Gasteiger partial charge is 0.748 e. The largest absolute Gasteiger partial charge is 1.00 e. The number of hydrogen-bond acceptors (Lipinski definition) is 8. The van der Waals surface area contributed by atoms with Crippen LogP contribution in [0, 0.1) is 0 Å². The molecule has 96 valence electrons. The third-order valence-electron chi connectivity index (χ3n) is 0.601. The Bertz CT molecular complexity index is 406. The van der Waals surface area contributed by atoms with Crippen LogP contribution in [0.4, 0.5) is 0 Å². The summed E-state index contributed by atoms with van der Waals surface area (Å²) >= 11 is 0. The van der Waals surface area contributed by atoms with E-state index in [0.717, 1.165) is 0 Å². The van der Waals surface area contributed by atoms with Gasteiger partial charge in [-0.2, -0.15) is 0 Å². The SMILES string of the molecule is O=C(O)CS(=O)(=O)[O-].O=C(O)CS(=O)(=O)[O-].[K+].[K+]. The molecule has 0 aliphatic rings. The minimum atomic E-state index is -4.57. The third-order valence-corrected chi connectivity index (χ3v) is 1.80. The Labute approximate surface area is 188 Å². The van der Waals surface area contributed by atoms with Crippen molar-refractivity contribution in [2.75, 3.05) is 11.5 Å². The van der Waals surface area contributed by atoms with E-state index in [1.807, 2.05) is 0 Å². The summed E-state index contributed by atoms with van der Waals surface area (Å²) in [5.74, 6) is -5.93. The Morgan fingerprint density at radius 3 is 0.944 bits per heavy atom. The van der Waals surface area contributed by atoms with Crippen LogP contribution in [-0.4, -0.2) is 59.6 Å². The molecular formula is C4H6K2O10S2. The Morgan fingerprint density at radius 1 is 0.778 bits per heavy atom. The predicted octanol–water partition coefficient (Wildman–Crippen LogP) is -8.76. The van der Waals surface area contributed by atoms with Gasteiger partial charge in [-0.15, -0.1) is 0 Å². The molecule has 18 heavy (non-hydrogen) atoms. The number of carboxylic acids is 2. The second kappa shape index (κ2) is 12.7. The quantitative estimate of drug-likeness (QED) is 0.361. The molecule has 0 heterocycles. The molecule has 0 unspecified atom stereocenters. The second-order valence-electron chi connectivity index (χ2n) is 2.19. The first-order valence-electron chi connectivity index (χ1n) is 3.14. The Balaban J connectivity index is -0.0000000980. The molecule has 0 radical (unpaired) electrons. The van der Waals surface area contributed by atoms with E-state index >= 15 is 0 Å². The zero-order valence-electron chi connectivity index (χ0n) is 9.39. The summed E-state index contributed by atoms with van der Waals surface area (Å²) in [5, 5.41) is 15.3. The summed E-state index contributed by atoms with van der Waals surface area (Å²) in [6.45, 7) is 0. The van der Waals surface area contributed by atoms with Crippen LogP contribution < -0.4 is 103 Å². The van der Waals surface area contributed by atoms with E-state index in [9.17, 15) is 35.5 Å². The zero-order valence-corrected chi connectivity index (χ0v) is 17.3. The molecule has 0 saturated heterocycles. The summed E-state index contributed by atoms with van der Waals surface area (Å²) in [7, 11) is -9.15. The summed E-state index contributed by atoms with van der Waals surface area (Å²) in [6.07, 6.45) is 0. The van der Waals surface area contributed by atoms with Gasteiger partial charge >= 0.3 is 115 Å². The summed E-state index contributed by atoms with van der Waals surface area (Å²) in [5.41, 5.74) is 0. The zero-order chi connectivity index (χ0) is 13.6. The van der Waals surface area contributed by atoms with Crippen LogP contribution in [0.2, 0.25) is 0 Å². The molecule has 0 rings (SSSR count). The van der Waals surface area contributed by atoms with Gasteiger partial charge in [0.15, 0.2) is 0 Å². The standard InChI is InChI=1S/2C2H4O5S.2K/c2*3-2(4)1-8(5,6)7;;/h2*1H2,(H,3,4)(H,5,6,7);;/q;;2*+1/p-2. The fourth-order valence-electron chi connectivity index (χ4n) is 0.302. The van der Waals surface area contributed by atoms with Gasteiger partial charge in [0.05, 0.1) is 0 Å². The van der Waals surface area contributed by atoms with E-state index in [1.54, 1.807) is 0 Å². The third kappa shape index (κ3) is 36.1. The summed E-state index contributed by atoms with van der Waals surface area (Å²) in [4.78, 5) is 18.9. The molecule has 0 spiro atoms. The molecular weight excluding hydrogens is 350 g/mol. The number of hydrogen-bond donors (Lipinski definition) is 2. The van der Waals surface area contributed by atoms with Crippen molar-refractivity contribution in [1.82, 2.24) is 0 Å². The van der Waals surface area contributed by atoms with Gasteiger partial charge in [-0.05, 0) is 0 Å². The normalized spacial score (nSPS) is 9.89. The maximum Gasteiger partial charge on any atom is 1.00 e. The van der Waals surface area contributed by atoms with E-state index in [2.05, 4.69) is 0 Å². The van der Waals surface area contributed by atoms with Gasteiger partial charge in [-0.25, -0.2) is 16.8 Å². The van der Waals surface area contributed by atoms with Crippen molar-refractivity contribution in [2.24, 2.45) is 0 Å². The Morgan fingerprint density at radius 2 is 0.944 bits per heavy atom. The van der Waals surface area contributed by atoms with Crippen LogP contribution in [0.1, 0.15) is 0 Å². The predicted molar refractivity (Wildman–Crippen MR) is 44.4 cm³/mol. The van der Waals surface area contributed by atoms with Gasteiger partial charge in [0, 0.05) is 0 Å². The van der Waals surface area contributed by atoms with E-state index in [0.29, 0.717) is 0 Å². The second-order valence-corrected chi connectivity index (χ2v) is 5.00. The van der Waals surface area contributed by atoms with Crippen LogP contribution >= 0.6 is 0 Å². The van der Waals surface area contributed by atoms with Gasteiger partial charge in [0.2, 0.25) is 0 Å². The summed E-state index contributed by atoms with van der Waals surface area (Å²) < 4.78 is 57.0. The van der Waals surface area contributed by atoms with Gasteiger partial charge in [-0.1, -0.05) is 0 Å². The van der Waals surface area contributed by atoms with Crippen LogP contribution in [0.3, 0.4) is 0 Å². The maximum atomic E-state index is 9.51. The molecule has 10 nitrogen and oxygen atoms in total. The van der Waals surface area contributed by atoms with Crippen molar-refractivity contribution in [3.63, 3.8) is 0 Å². The van der Waals surface area contributed by atoms with Gasteiger partial charge in [-0.3, -0.25) is 9.59 Å². The molecule has 0 aliphatic carbocycles. The van der Waals surface area contributed by atoms with E-state index in [4.69, 9.17) is 10.2 Å². The number of carbonyl (C=O) groups is 2. The number of carboxylic acid groups (broad SMARTS) is 2. The van der Waals surface area contributed by atoms with Crippen LogP contribution in [-0.2, 0) is 29.8 Å². The molecule has 0 aromatic heterocycles. The average molecular weight is 356 g/mol. The van der Waals surface area contributed by atoms with Crippen molar-refractivity contribution < 1.29 is 149 Å². The number of rotatable bonds is 4. The van der Waals surface area contributed by atoms with Gasteiger partial charge < -0.3 is 19.3 Å². The first-order valence-corrected chi connectivity index (χ1v) is 6.29. The minimum absolute atomic E-state index is 0. The summed E-state index contributed by atoms with van der Waals surface area (Å²) in [6, 6.07) is 0.